The standard InChI is InChI=1S/C13H14N4O4.C2HF3O2/c18-11-6-20-8-1-2-10(15-12(8)16-11)17-5-7-3-14-4-9(7)21-13(17)19;3-2(4,5)1(6)7/h1-2,7,9,14H,3-6H2,(H,15,16,18);(H,6,7)/t7-,9-;/m1./s1. The van der Waals surface area contributed by atoms with E-state index in [-0.39, 0.29) is 24.7 Å². The minimum absolute atomic E-state index is 0.00517. The monoisotopic (exact) mass is 404 g/mol. The van der Waals surface area contributed by atoms with Gasteiger partial charge >= 0.3 is 12.3 Å². The van der Waals surface area contributed by atoms with Crippen LogP contribution in [0.25, 0.3) is 0 Å². The van der Waals surface area contributed by atoms with Crippen LogP contribution in [0.15, 0.2) is 12.1 Å². The number of carbonyl (C=O) groups is 3. The van der Waals surface area contributed by atoms with Gasteiger partial charge in [0.25, 0.3) is 5.91 Å². The number of quaternary nitrogens is 1. The third-order valence-electron chi connectivity index (χ3n) is 4.25. The molecule has 4 heterocycles. The lowest BCUT2D eigenvalue weighted by atomic mass is 10.0. The van der Waals surface area contributed by atoms with Crippen LogP contribution in [0.3, 0.4) is 0 Å². The molecule has 4 rings (SSSR count). The van der Waals surface area contributed by atoms with E-state index < -0.39 is 12.1 Å². The molecular weight excluding hydrogens is 389 g/mol. The normalized spacial score (nSPS) is 23.3. The first-order chi connectivity index (χ1) is 13.1. The Morgan fingerprint density at radius 1 is 1.32 bits per heavy atom. The van der Waals surface area contributed by atoms with E-state index in [1.165, 1.54) is 4.90 Å². The van der Waals surface area contributed by atoms with Crippen LogP contribution in [0, 0.1) is 5.92 Å². The number of halogens is 3. The van der Waals surface area contributed by atoms with Crippen LogP contribution in [0.4, 0.5) is 29.6 Å². The Morgan fingerprint density at radius 3 is 2.71 bits per heavy atom. The number of aromatic nitrogens is 1. The summed E-state index contributed by atoms with van der Waals surface area (Å²) in [5.74, 6) is -1.62. The fourth-order valence-corrected chi connectivity index (χ4v) is 2.95. The number of pyridine rings is 1. The van der Waals surface area contributed by atoms with Gasteiger partial charge in [-0.3, -0.25) is 9.69 Å². The number of ether oxygens (including phenoxy) is 2. The largest absolute Gasteiger partial charge is 0.542 e. The minimum atomic E-state index is -5.19. The van der Waals surface area contributed by atoms with Crippen molar-refractivity contribution in [3.8, 4) is 5.75 Å². The summed E-state index contributed by atoms with van der Waals surface area (Å²) in [6, 6.07) is 3.41. The molecule has 2 saturated heterocycles. The zero-order valence-electron chi connectivity index (χ0n) is 14.2. The van der Waals surface area contributed by atoms with Crippen LogP contribution in [0.1, 0.15) is 0 Å². The first-order valence-corrected chi connectivity index (χ1v) is 8.17. The summed E-state index contributed by atoms with van der Waals surface area (Å²) in [6.45, 7) is 2.34. The van der Waals surface area contributed by atoms with Gasteiger partial charge in [0.15, 0.2) is 24.3 Å². The highest BCUT2D eigenvalue weighted by Gasteiger charge is 2.42. The SMILES string of the molecule is O=C([O-])C(F)(F)F.O=C1COc2ccc(N3C[C@H]4C[NH2+]C[C@H]4OC3=O)nc2N1. The summed E-state index contributed by atoms with van der Waals surface area (Å²) >= 11 is 0. The van der Waals surface area contributed by atoms with Crippen LogP contribution in [-0.2, 0) is 14.3 Å². The Bertz CT molecular complexity index is 802. The Hall–Kier alpha value is -3.09. The van der Waals surface area contributed by atoms with Crippen molar-refractivity contribution in [2.45, 2.75) is 12.3 Å². The molecule has 28 heavy (non-hydrogen) atoms. The number of rotatable bonds is 1. The van der Waals surface area contributed by atoms with Gasteiger partial charge in [-0.25, -0.2) is 9.78 Å². The van der Waals surface area contributed by atoms with Crippen LogP contribution < -0.4 is 25.4 Å². The number of amides is 2. The van der Waals surface area contributed by atoms with Crippen molar-refractivity contribution in [2.75, 3.05) is 36.5 Å². The molecule has 0 aromatic carbocycles. The third kappa shape index (κ3) is 4.24. The fraction of sp³-hybridized carbons (Fsp3) is 0.467. The van der Waals surface area contributed by atoms with Gasteiger partial charge in [0, 0.05) is 6.54 Å². The van der Waals surface area contributed by atoms with Crippen LogP contribution in [-0.4, -0.2) is 61.5 Å². The number of hydrogen-bond acceptors (Lipinski definition) is 7. The van der Waals surface area contributed by atoms with Crippen LogP contribution in [0.5, 0.6) is 5.75 Å². The second kappa shape index (κ2) is 7.50. The molecule has 3 aliphatic heterocycles. The Balaban J connectivity index is 0.000000279. The molecule has 0 aliphatic carbocycles. The van der Waals surface area contributed by atoms with E-state index in [2.05, 4.69) is 15.6 Å². The average molecular weight is 404 g/mol. The zero-order chi connectivity index (χ0) is 20.5. The lowest BCUT2D eigenvalue weighted by Crippen LogP contribution is -2.82. The number of aliphatic carboxylic acids is 1. The Labute approximate surface area is 155 Å². The summed E-state index contributed by atoms with van der Waals surface area (Å²) in [5.41, 5.74) is 0. The second-order valence-corrected chi connectivity index (χ2v) is 6.19. The molecule has 0 bridgehead atoms. The number of alkyl halides is 3. The van der Waals surface area contributed by atoms with Gasteiger partial charge in [-0.1, -0.05) is 0 Å². The van der Waals surface area contributed by atoms with E-state index in [1.54, 1.807) is 12.1 Å². The lowest BCUT2D eigenvalue weighted by Gasteiger charge is -2.32. The molecular formula is C15H15F3N4O6. The highest BCUT2D eigenvalue weighted by molar-refractivity contribution is 5.95. The molecule has 2 fully saturated rings. The lowest BCUT2D eigenvalue weighted by molar-refractivity contribution is -0.640. The molecule has 1 aromatic rings. The highest BCUT2D eigenvalue weighted by Crippen LogP contribution is 2.30. The maximum Gasteiger partial charge on any atom is 0.430 e. The van der Waals surface area contributed by atoms with Gasteiger partial charge in [-0.2, -0.15) is 13.2 Å². The maximum absolute atomic E-state index is 12.1. The van der Waals surface area contributed by atoms with E-state index in [9.17, 15) is 22.8 Å². The molecule has 3 aliphatic rings. The van der Waals surface area contributed by atoms with Crippen LogP contribution >= 0.6 is 0 Å². The van der Waals surface area contributed by atoms with Crippen molar-refractivity contribution in [1.29, 1.82) is 0 Å². The predicted octanol–water partition coefficient (Wildman–Crippen LogP) is -1.77. The summed E-state index contributed by atoms with van der Waals surface area (Å²) in [4.78, 5) is 38.1. The predicted molar refractivity (Wildman–Crippen MR) is 82.2 cm³/mol. The first-order valence-electron chi connectivity index (χ1n) is 8.17. The molecule has 0 saturated carbocycles. The smallest absolute Gasteiger partial charge is 0.430 e. The summed E-state index contributed by atoms with van der Waals surface area (Å²) in [7, 11) is 0. The van der Waals surface area contributed by atoms with Gasteiger partial charge < -0.3 is 30.0 Å². The van der Waals surface area contributed by atoms with E-state index in [0.717, 1.165) is 13.1 Å². The van der Waals surface area contributed by atoms with Gasteiger partial charge in [0.1, 0.15) is 18.3 Å². The Morgan fingerprint density at radius 2 is 2.04 bits per heavy atom. The van der Waals surface area contributed by atoms with Crippen molar-refractivity contribution in [1.82, 2.24) is 4.98 Å². The van der Waals surface area contributed by atoms with E-state index in [0.29, 0.717) is 29.8 Å². The number of nitrogens with zero attached hydrogens (tertiary/aromatic N) is 2. The zero-order valence-corrected chi connectivity index (χ0v) is 14.2. The van der Waals surface area contributed by atoms with Gasteiger partial charge in [-0.15, -0.1) is 0 Å². The van der Waals surface area contributed by atoms with Gasteiger partial charge in [-0.05, 0) is 12.1 Å². The van der Waals surface area contributed by atoms with Crippen molar-refractivity contribution < 1.29 is 47.5 Å². The summed E-state index contributed by atoms with van der Waals surface area (Å²) < 4.78 is 42.2. The number of nitrogens with one attached hydrogen (secondary N) is 1. The fourth-order valence-electron chi connectivity index (χ4n) is 2.95. The van der Waals surface area contributed by atoms with E-state index in [1.807, 2.05) is 0 Å². The van der Waals surface area contributed by atoms with Gasteiger partial charge in [0.2, 0.25) is 0 Å². The highest BCUT2D eigenvalue weighted by atomic mass is 19.4. The molecule has 2 atom stereocenters. The van der Waals surface area contributed by atoms with Crippen molar-refractivity contribution in [3.63, 3.8) is 0 Å². The van der Waals surface area contributed by atoms with Crippen molar-refractivity contribution in [2.24, 2.45) is 5.92 Å². The molecule has 0 unspecified atom stereocenters. The topological polar surface area (TPSA) is 137 Å². The van der Waals surface area contributed by atoms with Crippen LogP contribution in [0.2, 0.25) is 0 Å². The quantitative estimate of drug-likeness (QED) is 0.565. The van der Waals surface area contributed by atoms with Crippen molar-refractivity contribution in [3.05, 3.63) is 12.1 Å². The molecule has 0 radical (unpaired) electrons. The molecule has 0 spiro atoms. The van der Waals surface area contributed by atoms with E-state index >= 15 is 0 Å². The molecule has 152 valence electrons. The number of hydrogen-bond donors (Lipinski definition) is 2. The molecule has 3 N–H and O–H groups in total. The minimum Gasteiger partial charge on any atom is -0.542 e. The molecule has 1 aromatic heterocycles. The van der Waals surface area contributed by atoms with Gasteiger partial charge in [0.05, 0.1) is 12.5 Å². The maximum atomic E-state index is 12.1. The number of nitrogens with two attached hydrogens (primary N) is 1. The summed E-state index contributed by atoms with van der Waals surface area (Å²) in [5, 5.41) is 13.6. The first kappa shape index (κ1) is 19.7. The third-order valence-corrected chi connectivity index (χ3v) is 4.25. The Kier molecular flexibility index (Phi) is 5.27. The molecule has 10 nitrogen and oxygen atoms in total. The van der Waals surface area contributed by atoms with E-state index in [4.69, 9.17) is 19.4 Å². The van der Waals surface area contributed by atoms with Crippen molar-refractivity contribution >= 4 is 29.6 Å². The second-order valence-electron chi connectivity index (χ2n) is 6.19. The summed E-state index contributed by atoms with van der Waals surface area (Å²) in [6.07, 6.45) is -5.59. The number of carboxylic acids is 1. The number of anilines is 2. The number of carbonyl (C=O) groups excluding carboxylic acids is 3. The number of fused-ring (bicyclic) bond motifs is 2. The molecule has 2 amide bonds. The average Bonchev–Trinajstić information content (AvgIpc) is 3.07. The number of carboxylic acid groups (broad SMARTS) is 1. The molecule has 13 heteroatoms.